The third-order valence-electron chi connectivity index (χ3n) is 4.14. The third kappa shape index (κ3) is 3.63. The number of pyridine rings is 1. The number of rotatable bonds is 5. The summed E-state index contributed by atoms with van der Waals surface area (Å²) in [5.74, 6) is 0.921. The van der Waals surface area contributed by atoms with Gasteiger partial charge in [0.1, 0.15) is 16.0 Å². The number of ether oxygens (including phenoxy) is 1. The minimum Gasteiger partial charge on any atom is -0.453 e. The molecule has 0 aliphatic carbocycles. The Morgan fingerprint density at radius 2 is 1.79 bits per heavy atom. The number of nitrogens with zero attached hydrogens (tertiary/aromatic N) is 2. The number of benzene rings is 2. The van der Waals surface area contributed by atoms with E-state index in [2.05, 4.69) is 20.9 Å². The van der Waals surface area contributed by atoms with Gasteiger partial charge in [0, 0.05) is 5.56 Å². The topological polar surface area (TPSA) is 68.7 Å². The van der Waals surface area contributed by atoms with Gasteiger partial charge in [-0.25, -0.2) is 4.98 Å². The molecule has 144 valence electrons. The highest BCUT2D eigenvalue weighted by Crippen LogP contribution is 2.50. The molecule has 0 atom stereocenters. The predicted molar refractivity (Wildman–Crippen MR) is 111 cm³/mol. The van der Waals surface area contributed by atoms with E-state index in [0.717, 1.165) is 0 Å². The molecule has 0 unspecified atom stereocenters. The molecule has 2 aromatic carbocycles. The number of para-hydroxylation sites is 3. The normalized spacial score (nSPS) is 12.9. The molecule has 0 amide bonds. The summed E-state index contributed by atoms with van der Waals surface area (Å²) < 4.78 is 37.2. The SMILES string of the molecule is CCCS(=O)(=O)ON1c2ccccc2Oc2cccc(-c3cccc(Br)n3)c21. The Labute approximate surface area is 171 Å². The van der Waals surface area contributed by atoms with Gasteiger partial charge in [-0.05, 0) is 52.7 Å². The fraction of sp³-hybridized carbons (Fsp3) is 0.150. The van der Waals surface area contributed by atoms with Crippen LogP contribution in [0, 0.1) is 0 Å². The Balaban J connectivity index is 1.92. The zero-order valence-corrected chi connectivity index (χ0v) is 17.4. The van der Waals surface area contributed by atoms with Crippen molar-refractivity contribution >= 4 is 37.4 Å². The van der Waals surface area contributed by atoms with Crippen molar-refractivity contribution in [2.24, 2.45) is 0 Å². The number of fused-ring (bicyclic) bond motifs is 2. The average molecular weight is 461 g/mol. The largest absolute Gasteiger partial charge is 0.453 e. The van der Waals surface area contributed by atoms with E-state index in [-0.39, 0.29) is 5.75 Å². The summed E-state index contributed by atoms with van der Waals surface area (Å²) in [7, 11) is -3.78. The molecule has 1 aromatic heterocycles. The van der Waals surface area contributed by atoms with Gasteiger partial charge in [0.2, 0.25) is 0 Å². The molecule has 0 fully saturated rings. The van der Waals surface area contributed by atoms with E-state index >= 15 is 0 Å². The molecule has 28 heavy (non-hydrogen) atoms. The minimum atomic E-state index is -3.78. The molecule has 2 heterocycles. The zero-order chi connectivity index (χ0) is 19.7. The molecule has 0 saturated heterocycles. The van der Waals surface area contributed by atoms with Gasteiger partial charge >= 0.3 is 0 Å². The highest BCUT2D eigenvalue weighted by molar-refractivity contribution is 9.10. The number of aromatic nitrogens is 1. The summed E-state index contributed by atoms with van der Waals surface area (Å²) in [4.78, 5) is 4.50. The first-order chi connectivity index (χ1) is 13.5. The summed E-state index contributed by atoms with van der Waals surface area (Å²) in [6, 6.07) is 18.1. The van der Waals surface area contributed by atoms with Gasteiger partial charge in [-0.3, -0.25) is 0 Å². The first-order valence-corrected chi connectivity index (χ1v) is 11.1. The van der Waals surface area contributed by atoms with Crippen LogP contribution in [0.5, 0.6) is 11.5 Å². The van der Waals surface area contributed by atoms with Crippen LogP contribution in [0.4, 0.5) is 11.4 Å². The van der Waals surface area contributed by atoms with Crippen LogP contribution >= 0.6 is 15.9 Å². The number of hydrogen-bond acceptors (Lipinski definition) is 6. The molecule has 0 saturated carbocycles. The molecule has 6 nitrogen and oxygen atoms in total. The summed E-state index contributed by atoms with van der Waals surface area (Å²) in [6.45, 7) is 1.79. The third-order valence-corrected chi connectivity index (χ3v) is 5.87. The van der Waals surface area contributed by atoms with E-state index < -0.39 is 10.1 Å². The lowest BCUT2D eigenvalue weighted by Gasteiger charge is -2.32. The van der Waals surface area contributed by atoms with Gasteiger partial charge < -0.3 is 4.74 Å². The van der Waals surface area contributed by atoms with Crippen molar-refractivity contribution in [3.05, 3.63) is 65.3 Å². The first-order valence-electron chi connectivity index (χ1n) is 8.74. The molecule has 4 rings (SSSR count). The lowest BCUT2D eigenvalue weighted by molar-refractivity contribution is 0.308. The fourth-order valence-electron chi connectivity index (χ4n) is 3.01. The highest BCUT2D eigenvalue weighted by atomic mass is 79.9. The van der Waals surface area contributed by atoms with Crippen molar-refractivity contribution in [2.45, 2.75) is 13.3 Å². The van der Waals surface area contributed by atoms with E-state index in [1.807, 2.05) is 36.4 Å². The molecule has 0 spiro atoms. The van der Waals surface area contributed by atoms with Crippen LogP contribution in [0.15, 0.2) is 65.3 Å². The molecule has 0 N–H and O–H groups in total. The van der Waals surface area contributed by atoms with Crippen LogP contribution in [-0.4, -0.2) is 19.2 Å². The Morgan fingerprint density at radius 1 is 1.04 bits per heavy atom. The van der Waals surface area contributed by atoms with Crippen LogP contribution in [0.25, 0.3) is 11.3 Å². The molecule has 3 aromatic rings. The number of anilines is 2. The highest BCUT2D eigenvalue weighted by Gasteiger charge is 2.32. The molecule has 0 radical (unpaired) electrons. The number of halogens is 1. The zero-order valence-electron chi connectivity index (χ0n) is 15.0. The van der Waals surface area contributed by atoms with Gasteiger partial charge in [-0.2, -0.15) is 13.5 Å². The summed E-state index contributed by atoms with van der Waals surface area (Å²) in [5.41, 5.74) is 2.36. The van der Waals surface area contributed by atoms with Crippen molar-refractivity contribution in [1.29, 1.82) is 0 Å². The second-order valence-corrected chi connectivity index (χ2v) is 8.68. The van der Waals surface area contributed by atoms with Gasteiger partial charge in [0.25, 0.3) is 10.1 Å². The standard InChI is InChI=1S/C20H17BrN2O4S/c1-2-13-28(24,25)27-23-16-9-3-4-10-17(16)26-18-11-5-7-14(20(18)23)15-8-6-12-19(21)22-15/h3-12H,2,13H2,1H3. The van der Waals surface area contributed by atoms with Crippen LogP contribution < -0.4 is 9.80 Å². The summed E-state index contributed by atoms with van der Waals surface area (Å²) in [5, 5.41) is 1.33. The molecule has 0 bridgehead atoms. The van der Waals surface area contributed by atoms with Gasteiger partial charge in [-0.15, -0.1) is 4.28 Å². The van der Waals surface area contributed by atoms with Gasteiger partial charge in [0.05, 0.1) is 11.4 Å². The van der Waals surface area contributed by atoms with E-state index in [1.54, 1.807) is 31.2 Å². The Bertz CT molecular complexity index is 1130. The van der Waals surface area contributed by atoms with Crippen molar-refractivity contribution in [1.82, 2.24) is 4.98 Å². The number of hydrogen-bond donors (Lipinski definition) is 0. The van der Waals surface area contributed by atoms with Crippen LogP contribution in [0.2, 0.25) is 0 Å². The molecular weight excluding hydrogens is 444 g/mol. The molecule has 1 aliphatic heterocycles. The van der Waals surface area contributed by atoms with E-state index in [0.29, 0.717) is 45.2 Å². The van der Waals surface area contributed by atoms with Crippen LogP contribution in [0.3, 0.4) is 0 Å². The molecule has 1 aliphatic rings. The molecular formula is C20H17BrN2O4S. The fourth-order valence-corrected chi connectivity index (χ4v) is 4.31. The van der Waals surface area contributed by atoms with E-state index in [1.165, 1.54) is 5.06 Å². The van der Waals surface area contributed by atoms with E-state index in [9.17, 15) is 8.42 Å². The monoisotopic (exact) mass is 460 g/mol. The predicted octanol–water partition coefficient (Wildman–Crippen LogP) is 5.43. The lowest BCUT2D eigenvalue weighted by atomic mass is 10.1. The average Bonchev–Trinajstić information content (AvgIpc) is 2.67. The van der Waals surface area contributed by atoms with Crippen molar-refractivity contribution < 1.29 is 17.4 Å². The molecule has 8 heteroatoms. The Kier molecular flexibility index (Phi) is 5.09. The smallest absolute Gasteiger partial charge is 0.288 e. The quantitative estimate of drug-likeness (QED) is 0.473. The van der Waals surface area contributed by atoms with Crippen molar-refractivity contribution in [3.8, 4) is 22.8 Å². The maximum absolute atomic E-state index is 12.5. The summed E-state index contributed by atoms with van der Waals surface area (Å²) in [6.07, 6.45) is 0.454. The van der Waals surface area contributed by atoms with Gasteiger partial charge in [0.15, 0.2) is 11.5 Å². The van der Waals surface area contributed by atoms with Crippen LogP contribution in [0.1, 0.15) is 13.3 Å². The second-order valence-electron chi connectivity index (χ2n) is 6.20. The lowest BCUT2D eigenvalue weighted by Crippen LogP contribution is -2.27. The Hall–Kier alpha value is -2.42. The first kappa shape index (κ1) is 18.9. The maximum atomic E-state index is 12.5. The van der Waals surface area contributed by atoms with Crippen LogP contribution in [-0.2, 0) is 14.4 Å². The van der Waals surface area contributed by atoms with E-state index in [4.69, 9.17) is 9.02 Å². The Morgan fingerprint density at radius 3 is 2.57 bits per heavy atom. The summed E-state index contributed by atoms with van der Waals surface area (Å²) >= 11 is 3.38. The minimum absolute atomic E-state index is 0.0842. The second kappa shape index (κ2) is 7.54. The van der Waals surface area contributed by atoms with Gasteiger partial charge in [-0.1, -0.05) is 37.3 Å². The van der Waals surface area contributed by atoms with Crippen molar-refractivity contribution in [2.75, 3.05) is 10.8 Å². The van der Waals surface area contributed by atoms with Crippen molar-refractivity contribution in [3.63, 3.8) is 0 Å². The maximum Gasteiger partial charge on any atom is 0.288 e.